The van der Waals surface area contributed by atoms with E-state index in [1.165, 1.54) is 0 Å². The number of pyridine rings is 1. The van der Waals surface area contributed by atoms with Crippen molar-refractivity contribution in [3.8, 4) is 0 Å². The number of nitrogens with zero attached hydrogens (tertiary/aromatic N) is 1. The number of fused-ring (bicyclic) bond motifs is 1. The van der Waals surface area contributed by atoms with Crippen molar-refractivity contribution in [2.24, 2.45) is 5.92 Å². The number of aromatic amines is 1. The number of β-amino-alcohol motifs (C(OH)–C–C–N with tert-alkyl or cyclic N) is 1. The Bertz CT molecular complexity index is 616. The van der Waals surface area contributed by atoms with E-state index in [0.29, 0.717) is 19.5 Å². The summed E-state index contributed by atoms with van der Waals surface area (Å²) in [5.41, 5.74) is 1.74. The molecule has 1 aliphatic heterocycles. The van der Waals surface area contributed by atoms with Gasteiger partial charge < -0.3 is 20.7 Å². The van der Waals surface area contributed by atoms with Crippen LogP contribution in [0.4, 0.5) is 0 Å². The van der Waals surface area contributed by atoms with Crippen LogP contribution >= 0.6 is 12.4 Å². The molecule has 0 spiro atoms. The van der Waals surface area contributed by atoms with Crippen molar-refractivity contribution in [3.05, 3.63) is 30.1 Å². The summed E-state index contributed by atoms with van der Waals surface area (Å²) < 4.78 is 0. The van der Waals surface area contributed by atoms with Crippen molar-refractivity contribution in [1.82, 2.24) is 20.6 Å². The summed E-state index contributed by atoms with van der Waals surface area (Å²) in [6.45, 7) is 1.86. The number of H-pyrrole nitrogens is 1. The molecular weight excluding hydrogens is 292 g/mol. The summed E-state index contributed by atoms with van der Waals surface area (Å²) in [6, 6.07) is 3.81. The Balaban J connectivity index is 0.00000161. The summed E-state index contributed by atoms with van der Waals surface area (Å²) >= 11 is 0. The van der Waals surface area contributed by atoms with Crippen molar-refractivity contribution in [3.63, 3.8) is 0 Å². The van der Waals surface area contributed by atoms with E-state index >= 15 is 0 Å². The lowest BCUT2D eigenvalue weighted by atomic mass is 10.1. The maximum atomic E-state index is 12.0. The fraction of sp³-hybridized carbons (Fsp3) is 0.429. The zero-order valence-electron chi connectivity index (χ0n) is 11.5. The number of amides is 1. The first-order valence-corrected chi connectivity index (χ1v) is 6.80. The molecule has 0 aromatic carbocycles. The predicted octanol–water partition coefficient (Wildman–Crippen LogP) is 0.224. The number of aliphatic hydroxyl groups is 1. The molecule has 3 heterocycles. The second-order valence-corrected chi connectivity index (χ2v) is 5.18. The molecule has 0 radical (unpaired) electrons. The standard InChI is InChI=1S/C14H18N4O2.ClH/c19-12-8-15-5-10(12)7-17-13(20)4-9-6-18-14-11(9)2-1-3-16-14;/h1-3,6,10,12,15,19H,4-5,7-8H2,(H,16,18)(H,17,20);1H. The number of rotatable bonds is 4. The molecule has 2 aromatic heterocycles. The zero-order chi connectivity index (χ0) is 13.9. The van der Waals surface area contributed by atoms with Gasteiger partial charge in [-0.05, 0) is 17.7 Å². The van der Waals surface area contributed by atoms with Gasteiger partial charge in [0.15, 0.2) is 0 Å². The minimum Gasteiger partial charge on any atom is -0.391 e. The van der Waals surface area contributed by atoms with Crippen molar-refractivity contribution < 1.29 is 9.90 Å². The Kier molecular flexibility index (Phi) is 5.17. The fourth-order valence-corrected chi connectivity index (χ4v) is 2.57. The number of nitrogens with one attached hydrogen (secondary N) is 3. The predicted molar refractivity (Wildman–Crippen MR) is 82.4 cm³/mol. The van der Waals surface area contributed by atoms with E-state index in [9.17, 15) is 9.90 Å². The largest absolute Gasteiger partial charge is 0.391 e. The van der Waals surface area contributed by atoms with Gasteiger partial charge in [0.05, 0.1) is 12.5 Å². The lowest BCUT2D eigenvalue weighted by Crippen LogP contribution is -2.35. The Hall–Kier alpha value is -1.63. The van der Waals surface area contributed by atoms with E-state index in [4.69, 9.17) is 0 Å². The first kappa shape index (κ1) is 15.8. The Morgan fingerprint density at radius 2 is 2.33 bits per heavy atom. The molecule has 4 N–H and O–H groups in total. The molecular formula is C14H19ClN4O2. The van der Waals surface area contributed by atoms with Gasteiger partial charge in [0.2, 0.25) is 5.91 Å². The van der Waals surface area contributed by atoms with E-state index < -0.39 is 0 Å². The van der Waals surface area contributed by atoms with Crippen molar-refractivity contribution in [2.45, 2.75) is 12.5 Å². The van der Waals surface area contributed by atoms with Gasteiger partial charge in [-0.3, -0.25) is 4.79 Å². The number of hydrogen-bond donors (Lipinski definition) is 4. The minimum absolute atomic E-state index is 0. The molecule has 2 aromatic rings. The molecule has 21 heavy (non-hydrogen) atoms. The van der Waals surface area contributed by atoms with Crippen LogP contribution in [0.2, 0.25) is 0 Å². The van der Waals surface area contributed by atoms with E-state index in [0.717, 1.165) is 23.1 Å². The number of aliphatic hydroxyl groups excluding tert-OH is 1. The summed E-state index contributed by atoms with van der Waals surface area (Å²) in [7, 11) is 0. The van der Waals surface area contributed by atoms with Gasteiger partial charge in [-0.2, -0.15) is 0 Å². The lowest BCUT2D eigenvalue weighted by molar-refractivity contribution is -0.120. The Morgan fingerprint density at radius 3 is 3.10 bits per heavy atom. The molecule has 6 nitrogen and oxygen atoms in total. The molecule has 0 bridgehead atoms. The number of hydrogen-bond acceptors (Lipinski definition) is 4. The average molecular weight is 311 g/mol. The van der Waals surface area contributed by atoms with Gasteiger partial charge >= 0.3 is 0 Å². The molecule has 1 fully saturated rings. The third-order valence-electron chi connectivity index (χ3n) is 3.75. The van der Waals surface area contributed by atoms with E-state index in [1.54, 1.807) is 6.20 Å². The highest BCUT2D eigenvalue weighted by atomic mass is 35.5. The van der Waals surface area contributed by atoms with E-state index in [2.05, 4.69) is 20.6 Å². The Morgan fingerprint density at radius 1 is 1.48 bits per heavy atom. The van der Waals surface area contributed by atoms with Gasteiger partial charge in [-0.1, -0.05) is 0 Å². The first-order chi connectivity index (χ1) is 9.74. The van der Waals surface area contributed by atoms with Crippen LogP contribution in [0.25, 0.3) is 11.0 Å². The quantitative estimate of drug-likeness (QED) is 0.650. The van der Waals surface area contributed by atoms with Gasteiger partial charge in [0, 0.05) is 43.3 Å². The maximum Gasteiger partial charge on any atom is 0.224 e. The number of carbonyl (C=O) groups excluding carboxylic acids is 1. The lowest BCUT2D eigenvalue weighted by Gasteiger charge is -2.13. The molecule has 0 saturated carbocycles. The number of halogens is 1. The zero-order valence-corrected chi connectivity index (χ0v) is 12.3. The average Bonchev–Trinajstić information content (AvgIpc) is 3.04. The normalized spacial score (nSPS) is 21.2. The summed E-state index contributed by atoms with van der Waals surface area (Å²) in [6.07, 6.45) is 3.50. The van der Waals surface area contributed by atoms with Crippen LogP contribution < -0.4 is 10.6 Å². The third kappa shape index (κ3) is 3.53. The van der Waals surface area contributed by atoms with Crippen LogP contribution in [0.1, 0.15) is 5.56 Å². The molecule has 1 aliphatic rings. The number of aromatic nitrogens is 2. The molecule has 0 aliphatic carbocycles. The molecule has 114 valence electrons. The Labute approximate surface area is 128 Å². The fourth-order valence-electron chi connectivity index (χ4n) is 2.57. The summed E-state index contributed by atoms with van der Waals surface area (Å²) in [4.78, 5) is 19.2. The van der Waals surface area contributed by atoms with Crippen LogP contribution in [-0.4, -0.2) is 46.7 Å². The summed E-state index contributed by atoms with van der Waals surface area (Å²) in [5.74, 6) is 0.0671. The highest BCUT2D eigenvalue weighted by molar-refractivity contribution is 5.87. The van der Waals surface area contributed by atoms with Crippen molar-refractivity contribution in [2.75, 3.05) is 19.6 Å². The van der Waals surface area contributed by atoms with Gasteiger partial charge in [-0.25, -0.2) is 4.98 Å². The van der Waals surface area contributed by atoms with E-state index in [1.807, 2.05) is 18.3 Å². The molecule has 1 saturated heterocycles. The van der Waals surface area contributed by atoms with Crippen molar-refractivity contribution in [1.29, 1.82) is 0 Å². The van der Waals surface area contributed by atoms with Crippen LogP contribution in [0, 0.1) is 5.92 Å². The SMILES string of the molecule is Cl.O=C(Cc1c[nH]c2ncccc12)NCC1CNCC1O. The van der Waals surface area contributed by atoms with Crippen molar-refractivity contribution >= 4 is 29.3 Å². The summed E-state index contributed by atoms with van der Waals surface area (Å²) in [5, 5.41) is 16.6. The molecule has 2 unspecified atom stereocenters. The van der Waals surface area contributed by atoms with Crippen LogP contribution in [0.5, 0.6) is 0 Å². The van der Waals surface area contributed by atoms with Gasteiger partial charge in [0.1, 0.15) is 5.65 Å². The van der Waals surface area contributed by atoms with Gasteiger partial charge in [0.25, 0.3) is 0 Å². The molecule has 1 amide bonds. The second-order valence-electron chi connectivity index (χ2n) is 5.18. The molecule has 2 atom stereocenters. The smallest absolute Gasteiger partial charge is 0.224 e. The van der Waals surface area contributed by atoms with Gasteiger partial charge in [-0.15, -0.1) is 12.4 Å². The second kappa shape index (κ2) is 6.89. The molecule has 3 rings (SSSR count). The third-order valence-corrected chi connectivity index (χ3v) is 3.75. The maximum absolute atomic E-state index is 12.0. The topological polar surface area (TPSA) is 90.0 Å². The molecule has 7 heteroatoms. The minimum atomic E-state index is -0.368. The first-order valence-electron chi connectivity index (χ1n) is 6.80. The monoisotopic (exact) mass is 310 g/mol. The van der Waals surface area contributed by atoms with E-state index in [-0.39, 0.29) is 30.3 Å². The highest BCUT2D eigenvalue weighted by Crippen LogP contribution is 2.16. The van der Waals surface area contributed by atoms with Crippen LogP contribution in [0.15, 0.2) is 24.5 Å². The highest BCUT2D eigenvalue weighted by Gasteiger charge is 2.25. The number of carbonyl (C=O) groups is 1. The van der Waals surface area contributed by atoms with Crippen LogP contribution in [-0.2, 0) is 11.2 Å². The van der Waals surface area contributed by atoms with Crippen LogP contribution in [0.3, 0.4) is 0 Å².